The van der Waals surface area contributed by atoms with Crippen LogP contribution in [0.25, 0.3) is 0 Å². The zero-order valence-corrected chi connectivity index (χ0v) is 13.7. The predicted molar refractivity (Wildman–Crippen MR) is 85.3 cm³/mol. The van der Waals surface area contributed by atoms with E-state index >= 15 is 0 Å². The van der Waals surface area contributed by atoms with E-state index in [2.05, 4.69) is 43.4 Å². The number of methoxy groups -OCH3 is 1. The molecule has 0 saturated carbocycles. The molecule has 2 N–H and O–H groups in total. The molecule has 0 aliphatic rings. The van der Waals surface area contributed by atoms with Crippen molar-refractivity contribution in [1.29, 1.82) is 0 Å². The van der Waals surface area contributed by atoms with Crippen LogP contribution in [0.1, 0.15) is 5.89 Å². The van der Waals surface area contributed by atoms with E-state index in [1.165, 1.54) is 0 Å². The van der Waals surface area contributed by atoms with Gasteiger partial charge in [0, 0.05) is 17.2 Å². The summed E-state index contributed by atoms with van der Waals surface area (Å²) < 4.78 is 11.4. The summed E-state index contributed by atoms with van der Waals surface area (Å²) in [6, 6.07) is 5.98. The summed E-state index contributed by atoms with van der Waals surface area (Å²) in [6.45, 7) is 1.86. The Morgan fingerprint density at radius 1 is 1.40 bits per heavy atom. The normalized spacial score (nSPS) is 10.8. The summed E-state index contributed by atoms with van der Waals surface area (Å²) in [6.07, 6.45) is 0. The lowest BCUT2D eigenvalue weighted by Gasteiger charge is -2.04. The van der Waals surface area contributed by atoms with E-state index in [0.29, 0.717) is 30.1 Å². The summed E-state index contributed by atoms with van der Waals surface area (Å²) in [5, 5.41) is 14.6. The van der Waals surface area contributed by atoms with Gasteiger partial charge in [-0.2, -0.15) is 0 Å². The summed E-state index contributed by atoms with van der Waals surface area (Å²) in [4.78, 5) is 0. The van der Waals surface area contributed by atoms with Gasteiger partial charge < -0.3 is 19.8 Å². The van der Waals surface area contributed by atoms with Gasteiger partial charge in [-0.05, 0) is 40.8 Å². The van der Waals surface area contributed by atoms with Crippen LogP contribution in [-0.2, 0) is 11.3 Å². The summed E-state index contributed by atoms with van der Waals surface area (Å²) in [5.41, 5.74) is 0.731. The van der Waals surface area contributed by atoms with E-state index in [9.17, 15) is 0 Å². The average Bonchev–Trinajstić information content (AvgIpc) is 2.86. The standard InChI is InChI=1S/C12H14ClIN4O2/c1-19-5-4-15-7-11-17-18-12(20-11)16-10-3-2-8(14)6-9(10)13/h2-3,6,15H,4-5,7H2,1H3,(H,16,18). The molecule has 0 fully saturated rings. The second-order valence-electron chi connectivity index (χ2n) is 3.92. The first kappa shape index (κ1) is 15.5. The van der Waals surface area contributed by atoms with Gasteiger partial charge in [0.2, 0.25) is 5.89 Å². The van der Waals surface area contributed by atoms with E-state index in [-0.39, 0.29) is 0 Å². The van der Waals surface area contributed by atoms with Crippen LogP contribution >= 0.6 is 34.2 Å². The zero-order valence-electron chi connectivity index (χ0n) is 10.8. The van der Waals surface area contributed by atoms with Gasteiger partial charge in [-0.3, -0.25) is 0 Å². The van der Waals surface area contributed by atoms with Gasteiger partial charge in [0.05, 0.1) is 23.9 Å². The Balaban J connectivity index is 1.92. The lowest BCUT2D eigenvalue weighted by Crippen LogP contribution is -2.18. The molecule has 1 heterocycles. The van der Waals surface area contributed by atoms with Crippen molar-refractivity contribution in [2.45, 2.75) is 6.54 Å². The minimum Gasteiger partial charge on any atom is -0.406 e. The number of hydrogen-bond donors (Lipinski definition) is 2. The molecule has 0 aliphatic heterocycles. The largest absolute Gasteiger partial charge is 0.406 e. The maximum atomic E-state index is 6.12. The number of anilines is 2. The summed E-state index contributed by atoms with van der Waals surface area (Å²) in [7, 11) is 1.65. The number of halogens is 2. The zero-order chi connectivity index (χ0) is 14.4. The van der Waals surface area contributed by atoms with E-state index in [4.69, 9.17) is 20.8 Å². The molecule has 0 saturated heterocycles. The molecule has 108 valence electrons. The average molecular weight is 409 g/mol. The van der Waals surface area contributed by atoms with Crippen molar-refractivity contribution in [3.05, 3.63) is 32.7 Å². The van der Waals surface area contributed by atoms with Crippen LogP contribution in [0, 0.1) is 3.57 Å². The molecule has 0 radical (unpaired) electrons. The number of benzene rings is 1. The molecular weight excluding hydrogens is 395 g/mol. The molecule has 1 aromatic carbocycles. The second kappa shape index (κ2) is 7.77. The van der Waals surface area contributed by atoms with Crippen LogP contribution < -0.4 is 10.6 Å². The van der Waals surface area contributed by atoms with Crippen LogP contribution in [0.2, 0.25) is 5.02 Å². The maximum Gasteiger partial charge on any atom is 0.320 e. The number of rotatable bonds is 7. The highest BCUT2D eigenvalue weighted by Gasteiger charge is 2.08. The maximum absolute atomic E-state index is 6.12. The van der Waals surface area contributed by atoms with Gasteiger partial charge in [0.25, 0.3) is 0 Å². The lowest BCUT2D eigenvalue weighted by molar-refractivity contribution is 0.198. The monoisotopic (exact) mass is 408 g/mol. The van der Waals surface area contributed by atoms with E-state index in [1.807, 2.05) is 18.2 Å². The summed E-state index contributed by atoms with van der Waals surface area (Å²) >= 11 is 8.32. The van der Waals surface area contributed by atoms with Gasteiger partial charge >= 0.3 is 6.01 Å². The number of ether oxygens (including phenoxy) is 1. The number of nitrogens with one attached hydrogen (secondary N) is 2. The van der Waals surface area contributed by atoms with E-state index in [1.54, 1.807) is 7.11 Å². The van der Waals surface area contributed by atoms with Crippen LogP contribution in [0.15, 0.2) is 22.6 Å². The van der Waals surface area contributed by atoms with Gasteiger partial charge in [-0.25, -0.2) is 0 Å². The van der Waals surface area contributed by atoms with E-state index in [0.717, 1.165) is 15.8 Å². The molecule has 0 spiro atoms. The van der Waals surface area contributed by atoms with Crippen molar-refractivity contribution >= 4 is 45.9 Å². The van der Waals surface area contributed by atoms with Crippen LogP contribution in [0.3, 0.4) is 0 Å². The summed E-state index contributed by atoms with van der Waals surface area (Å²) in [5.74, 6) is 0.505. The Hall–Kier alpha value is -0.900. The minimum atomic E-state index is 0.316. The number of aromatic nitrogens is 2. The Bertz CT molecular complexity index is 564. The van der Waals surface area contributed by atoms with Gasteiger partial charge in [0.1, 0.15) is 0 Å². The molecule has 0 unspecified atom stereocenters. The van der Waals surface area contributed by atoms with Crippen molar-refractivity contribution in [2.24, 2.45) is 0 Å². The fraction of sp³-hybridized carbons (Fsp3) is 0.333. The van der Waals surface area contributed by atoms with Crippen LogP contribution in [-0.4, -0.2) is 30.5 Å². The van der Waals surface area contributed by atoms with Gasteiger partial charge in [0.15, 0.2) is 0 Å². The minimum absolute atomic E-state index is 0.316. The van der Waals surface area contributed by atoms with Gasteiger partial charge in [-0.15, -0.1) is 5.10 Å². The molecule has 2 rings (SSSR count). The third-order valence-electron chi connectivity index (χ3n) is 2.40. The molecular formula is C12H14ClIN4O2. The highest BCUT2D eigenvalue weighted by molar-refractivity contribution is 14.1. The molecule has 0 atom stereocenters. The topological polar surface area (TPSA) is 72.2 Å². The molecule has 20 heavy (non-hydrogen) atoms. The Kier molecular flexibility index (Phi) is 6.02. The number of nitrogens with zero attached hydrogens (tertiary/aromatic N) is 2. The molecule has 1 aromatic heterocycles. The first-order valence-electron chi connectivity index (χ1n) is 5.93. The van der Waals surface area contributed by atoms with Crippen molar-refractivity contribution in [3.8, 4) is 0 Å². The Morgan fingerprint density at radius 2 is 2.25 bits per heavy atom. The second-order valence-corrected chi connectivity index (χ2v) is 5.57. The fourth-order valence-corrected chi connectivity index (χ4v) is 2.35. The van der Waals surface area contributed by atoms with Crippen LogP contribution in [0.5, 0.6) is 0 Å². The van der Waals surface area contributed by atoms with E-state index < -0.39 is 0 Å². The van der Waals surface area contributed by atoms with Crippen molar-refractivity contribution < 1.29 is 9.15 Å². The first-order valence-corrected chi connectivity index (χ1v) is 7.39. The Morgan fingerprint density at radius 3 is 3.00 bits per heavy atom. The Labute approximate surface area is 135 Å². The fourth-order valence-electron chi connectivity index (χ4n) is 1.45. The molecule has 0 bridgehead atoms. The predicted octanol–water partition coefficient (Wildman–Crippen LogP) is 2.81. The first-order chi connectivity index (χ1) is 9.69. The molecule has 0 aliphatic carbocycles. The van der Waals surface area contributed by atoms with Crippen molar-refractivity contribution in [1.82, 2.24) is 15.5 Å². The molecule has 2 aromatic rings. The third kappa shape index (κ3) is 4.58. The molecule has 6 nitrogen and oxygen atoms in total. The highest BCUT2D eigenvalue weighted by atomic mass is 127. The quantitative estimate of drug-likeness (QED) is 0.542. The van der Waals surface area contributed by atoms with Crippen LogP contribution in [0.4, 0.5) is 11.7 Å². The SMILES string of the molecule is COCCNCc1nnc(Nc2ccc(I)cc2Cl)o1. The molecule has 0 amide bonds. The smallest absolute Gasteiger partial charge is 0.320 e. The van der Waals surface area contributed by atoms with Crippen molar-refractivity contribution in [3.63, 3.8) is 0 Å². The van der Waals surface area contributed by atoms with Gasteiger partial charge in [-0.1, -0.05) is 16.7 Å². The lowest BCUT2D eigenvalue weighted by atomic mass is 10.3. The number of hydrogen-bond acceptors (Lipinski definition) is 6. The van der Waals surface area contributed by atoms with Crippen molar-refractivity contribution in [2.75, 3.05) is 25.6 Å². The third-order valence-corrected chi connectivity index (χ3v) is 3.38. The highest BCUT2D eigenvalue weighted by Crippen LogP contribution is 2.26. The molecule has 8 heteroatoms.